The molecule has 0 aromatic carbocycles. The topological polar surface area (TPSA) is 63.6 Å². The van der Waals surface area contributed by atoms with Crippen molar-refractivity contribution in [2.75, 3.05) is 0 Å². The third-order valence-electron chi connectivity index (χ3n) is 11.6. The Morgan fingerprint density at radius 2 is 1.70 bits per heavy atom. The standard InChI is InChI=1S/C29H46O4/c1-18(8-11-25(31)32)20-12-16-29(7)22-9-10-23-26(3,4)24(33-19(2)30)14-15-27(23,5)21(22)13-17-28(20,29)6/h18,20,23-24H,8-17H2,1-7H3,(H,31,32)/t18-,20-,23-,24-,27-,28-,29+/m1/s1. The lowest BCUT2D eigenvalue weighted by Gasteiger charge is -2.62. The van der Waals surface area contributed by atoms with Crippen LogP contribution in [-0.2, 0) is 14.3 Å². The van der Waals surface area contributed by atoms with Gasteiger partial charge < -0.3 is 9.84 Å². The van der Waals surface area contributed by atoms with Crippen molar-refractivity contribution >= 4 is 11.9 Å². The van der Waals surface area contributed by atoms with E-state index in [0.29, 0.717) is 17.8 Å². The molecular formula is C29H46O4. The van der Waals surface area contributed by atoms with E-state index in [1.165, 1.54) is 38.5 Å². The molecule has 0 aromatic rings. The minimum atomic E-state index is -0.667. The molecule has 2 fully saturated rings. The molecule has 0 unspecified atom stereocenters. The lowest BCUT2D eigenvalue weighted by molar-refractivity contribution is -0.167. The molecule has 0 saturated heterocycles. The minimum absolute atomic E-state index is 0.0115. The maximum atomic E-state index is 11.8. The molecule has 0 heterocycles. The van der Waals surface area contributed by atoms with E-state index in [0.717, 1.165) is 19.3 Å². The van der Waals surface area contributed by atoms with E-state index in [-0.39, 0.29) is 40.2 Å². The lowest BCUT2D eigenvalue weighted by atomic mass is 9.43. The van der Waals surface area contributed by atoms with Gasteiger partial charge in [0.15, 0.2) is 0 Å². The second-order valence-corrected chi connectivity index (χ2v) is 13.2. The zero-order valence-corrected chi connectivity index (χ0v) is 22.1. The van der Waals surface area contributed by atoms with Crippen molar-refractivity contribution < 1.29 is 19.4 Å². The number of carbonyl (C=O) groups excluding carboxylic acids is 1. The third kappa shape index (κ3) is 3.60. The molecule has 4 nitrogen and oxygen atoms in total. The van der Waals surface area contributed by atoms with Gasteiger partial charge in [0.05, 0.1) is 0 Å². The first kappa shape index (κ1) is 24.8. The number of ether oxygens (including phenoxy) is 1. The average molecular weight is 459 g/mol. The predicted octanol–water partition coefficient (Wildman–Crippen LogP) is 7.17. The molecule has 0 spiro atoms. The quantitative estimate of drug-likeness (QED) is 0.350. The third-order valence-corrected chi connectivity index (χ3v) is 11.6. The van der Waals surface area contributed by atoms with Crippen LogP contribution >= 0.6 is 0 Å². The second-order valence-electron chi connectivity index (χ2n) is 13.2. The maximum absolute atomic E-state index is 11.8. The molecule has 1 N–H and O–H groups in total. The number of fused-ring (bicyclic) bond motifs is 4. The van der Waals surface area contributed by atoms with Gasteiger partial charge in [-0.2, -0.15) is 0 Å². The predicted molar refractivity (Wildman–Crippen MR) is 131 cm³/mol. The highest BCUT2D eigenvalue weighted by Gasteiger charge is 2.63. The lowest BCUT2D eigenvalue weighted by Crippen LogP contribution is -2.55. The molecule has 186 valence electrons. The van der Waals surface area contributed by atoms with Gasteiger partial charge in [-0.3, -0.25) is 9.59 Å². The molecular weight excluding hydrogens is 412 g/mol. The molecule has 4 aliphatic carbocycles. The van der Waals surface area contributed by atoms with Crippen LogP contribution < -0.4 is 0 Å². The fourth-order valence-corrected chi connectivity index (χ4v) is 9.58. The molecule has 0 radical (unpaired) electrons. The van der Waals surface area contributed by atoms with Crippen molar-refractivity contribution in [2.24, 2.45) is 39.4 Å². The van der Waals surface area contributed by atoms with Gasteiger partial charge in [-0.15, -0.1) is 0 Å². The summed E-state index contributed by atoms with van der Waals surface area (Å²) in [5.41, 5.74) is 4.18. The summed E-state index contributed by atoms with van der Waals surface area (Å²) < 4.78 is 5.83. The zero-order valence-electron chi connectivity index (χ0n) is 22.1. The summed E-state index contributed by atoms with van der Waals surface area (Å²) in [6.45, 7) is 16.1. The van der Waals surface area contributed by atoms with Crippen molar-refractivity contribution in [1.82, 2.24) is 0 Å². The highest BCUT2D eigenvalue weighted by molar-refractivity contribution is 5.66. The molecule has 4 rings (SSSR count). The number of esters is 1. The molecule has 4 aliphatic rings. The van der Waals surface area contributed by atoms with E-state index in [1.54, 1.807) is 18.1 Å². The Morgan fingerprint density at radius 3 is 2.33 bits per heavy atom. The summed E-state index contributed by atoms with van der Waals surface area (Å²) in [5.74, 6) is 0.793. The van der Waals surface area contributed by atoms with Gasteiger partial charge in [0.25, 0.3) is 0 Å². The Morgan fingerprint density at radius 1 is 1.00 bits per heavy atom. The molecule has 0 bridgehead atoms. The normalized spacial score (nSPS) is 42.7. The number of aliphatic carboxylic acids is 1. The molecule has 0 aliphatic heterocycles. The Labute approximate surface area is 200 Å². The van der Waals surface area contributed by atoms with Gasteiger partial charge in [0.1, 0.15) is 6.10 Å². The van der Waals surface area contributed by atoms with E-state index in [9.17, 15) is 14.7 Å². The summed E-state index contributed by atoms with van der Waals surface area (Å²) in [6.07, 6.45) is 10.4. The van der Waals surface area contributed by atoms with E-state index in [1.807, 2.05) is 0 Å². The van der Waals surface area contributed by atoms with Crippen molar-refractivity contribution in [3.63, 3.8) is 0 Å². The van der Waals surface area contributed by atoms with Gasteiger partial charge >= 0.3 is 11.9 Å². The van der Waals surface area contributed by atoms with Crippen LogP contribution in [0.3, 0.4) is 0 Å². The van der Waals surface area contributed by atoms with E-state index in [4.69, 9.17) is 4.74 Å². The molecule has 2 saturated carbocycles. The SMILES string of the molecule is CC(=O)O[C@@H]1CC[C@]2(C)C3=C(CC[C@@H]2C1(C)C)[C@]1(C)CC[C@H]([C@H](C)CCC(=O)O)[C@@]1(C)CC3. The zero-order chi connectivity index (χ0) is 24.4. The molecule has 4 heteroatoms. The van der Waals surface area contributed by atoms with E-state index >= 15 is 0 Å². The summed E-state index contributed by atoms with van der Waals surface area (Å²) in [5, 5.41) is 9.22. The Hall–Kier alpha value is -1.32. The van der Waals surface area contributed by atoms with Crippen LogP contribution in [0, 0.1) is 39.4 Å². The number of carboxylic acids is 1. The van der Waals surface area contributed by atoms with Gasteiger partial charge in [-0.05, 0) is 91.8 Å². The molecule has 33 heavy (non-hydrogen) atoms. The van der Waals surface area contributed by atoms with Crippen LogP contribution in [0.25, 0.3) is 0 Å². The fourth-order valence-electron chi connectivity index (χ4n) is 9.58. The molecule has 0 amide bonds. The van der Waals surface area contributed by atoms with Gasteiger partial charge in [-0.1, -0.05) is 52.7 Å². The number of carboxylic acid groups (broad SMARTS) is 1. The van der Waals surface area contributed by atoms with Crippen molar-refractivity contribution in [2.45, 2.75) is 119 Å². The van der Waals surface area contributed by atoms with Crippen molar-refractivity contribution in [3.05, 3.63) is 11.1 Å². The first-order valence-electron chi connectivity index (χ1n) is 13.4. The number of allylic oxidation sites excluding steroid dienone is 2. The van der Waals surface area contributed by atoms with Gasteiger partial charge in [0.2, 0.25) is 0 Å². The van der Waals surface area contributed by atoms with Gasteiger partial charge in [0, 0.05) is 18.8 Å². The summed E-state index contributed by atoms with van der Waals surface area (Å²) in [6, 6.07) is 0. The largest absolute Gasteiger partial charge is 0.481 e. The van der Waals surface area contributed by atoms with Crippen LogP contribution in [0.1, 0.15) is 113 Å². The monoisotopic (exact) mass is 458 g/mol. The van der Waals surface area contributed by atoms with E-state index in [2.05, 4.69) is 41.5 Å². The average Bonchev–Trinajstić information content (AvgIpc) is 3.00. The summed E-state index contributed by atoms with van der Waals surface area (Å²) in [7, 11) is 0. The smallest absolute Gasteiger partial charge is 0.303 e. The number of hydrogen-bond donors (Lipinski definition) is 1. The van der Waals surface area contributed by atoms with E-state index < -0.39 is 5.97 Å². The van der Waals surface area contributed by atoms with Crippen LogP contribution in [0.15, 0.2) is 11.1 Å². The minimum Gasteiger partial charge on any atom is -0.481 e. The Kier molecular flexibility index (Phi) is 6.10. The fraction of sp³-hybridized carbons (Fsp3) is 0.862. The first-order chi connectivity index (χ1) is 15.3. The number of carbonyl (C=O) groups is 2. The first-order valence-corrected chi connectivity index (χ1v) is 13.4. The van der Waals surface area contributed by atoms with Crippen LogP contribution in [-0.4, -0.2) is 23.1 Å². The highest BCUT2D eigenvalue weighted by atomic mass is 16.5. The highest BCUT2D eigenvalue weighted by Crippen LogP contribution is 2.72. The van der Waals surface area contributed by atoms with Crippen LogP contribution in [0.2, 0.25) is 0 Å². The van der Waals surface area contributed by atoms with Gasteiger partial charge in [-0.25, -0.2) is 0 Å². The Balaban J connectivity index is 1.65. The second kappa shape index (κ2) is 8.12. The summed E-state index contributed by atoms with van der Waals surface area (Å²) >= 11 is 0. The Bertz CT molecular complexity index is 856. The number of rotatable bonds is 5. The van der Waals surface area contributed by atoms with Crippen LogP contribution in [0.4, 0.5) is 0 Å². The maximum Gasteiger partial charge on any atom is 0.303 e. The summed E-state index contributed by atoms with van der Waals surface area (Å²) in [4.78, 5) is 23.0. The van der Waals surface area contributed by atoms with Crippen molar-refractivity contribution in [1.29, 1.82) is 0 Å². The number of hydrogen-bond acceptors (Lipinski definition) is 3. The molecule has 7 atom stereocenters. The van der Waals surface area contributed by atoms with Crippen molar-refractivity contribution in [3.8, 4) is 0 Å². The van der Waals surface area contributed by atoms with Crippen LogP contribution in [0.5, 0.6) is 0 Å². The molecule has 0 aromatic heterocycles.